The Kier molecular flexibility index (Phi) is 5.43. The number of hydrogen-bond donors (Lipinski definition) is 1. The van der Waals surface area contributed by atoms with Crippen molar-refractivity contribution in [3.63, 3.8) is 0 Å². The number of aryl methyl sites for hydroxylation is 2. The van der Waals surface area contributed by atoms with Gasteiger partial charge in [-0.25, -0.2) is 0 Å². The second kappa shape index (κ2) is 7.62. The summed E-state index contributed by atoms with van der Waals surface area (Å²) in [7, 11) is 1.90. The molecule has 1 N–H and O–H groups in total. The van der Waals surface area contributed by atoms with Crippen molar-refractivity contribution in [2.75, 3.05) is 18.0 Å². The average Bonchev–Trinajstić information content (AvgIpc) is 2.93. The van der Waals surface area contributed by atoms with Crippen molar-refractivity contribution in [3.8, 4) is 0 Å². The lowest BCUT2D eigenvalue weighted by Crippen LogP contribution is -2.48. The third kappa shape index (κ3) is 4.81. The molecular weight excluding hydrogens is 357 g/mol. The molecule has 1 amide bonds. The Hall–Kier alpha value is -2.51. The van der Waals surface area contributed by atoms with E-state index < -0.39 is 11.7 Å². The highest BCUT2D eigenvalue weighted by atomic mass is 19.4. The van der Waals surface area contributed by atoms with Gasteiger partial charge in [0.05, 0.1) is 17.7 Å². The summed E-state index contributed by atoms with van der Waals surface area (Å²) in [6.45, 7) is 3.54. The molecule has 5 nitrogen and oxygen atoms in total. The zero-order valence-electron chi connectivity index (χ0n) is 15.4. The van der Waals surface area contributed by atoms with Crippen LogP contribution in [0, 0.1) is 6.92 Å². The normalized spacial score (nSPS) is 17.8. The first-order valence-corrected chi connectivity index (χ1v) is 8.93. The van der Waals surface area contributed by atoms with Crippen molar-refractivity contribution in [2.24, 2.45) is 7.05 Å². The summed E-state index contributed by atoms with van der Waals surface area (Å²) in [5, 5.41) is 7.37. The lowest BCUT2D eigenvalue weighted by molar-refractivity contribution is -0.137. The highest BCUT2D eigenvalue weighted by Gasteiger charge is 2.30. The third-order valence-electron chi connectivity index (χ3n) is 4.73. The number of piperidine rings is 1. The minimum atomic E-state index is -4.36. The molecule has 3 rings (SSSR count). The number of benzene rings is 1. The average molecular weight is 380 g/mol. The molecule has 8 heteroatoms. The number of rotatable bonds is 4. The van der Waals surface area contributed by atoms with Gasteiger partial charge in [0.1, 0.15) is 5.82 Å². The molecule has 0 spiro atoms. The molecule has 1 aromatic carbocycles. The smallest absolute Gasteiger partial charge is 0.355 e. The number of nitrogens with one attached hydrogen (secondary N) is 1. The van der Waals surface area contributed by atoms with E-state index in [0.29, 0.717) is 12.1 Å². The predicted octanol–water partition coefficient (Wildman–Crippen LogP) is 3.08. The van der Waals surface area contributed by atoms with Gasteiger partial charge in [0.15, 0.2) is 0 Å². The van der Waals surface area contributed by atoms with E-state index >= 15 is 0 Å². The summed E-state index contributed by atoms with van der Waals surface area (Å²) in [4.78, 5) is 14.5. The van der Waals surface area contributed by atoms with Gasteiger partial charge in [-0.05, 0) is 37.5 Å². The Bertz CT molecular complexity index is 798. The van der Waals surface area contributed by atoms with Crippen LogP contribution in [0.25, 0.3) is 0 Å². The van der Waals surface area contributed by atoms with E-state index in [-0.39, 0.29) is 18.4 Å². The van der Waals surface area contributed by atoms with E-state index in [1.807, 2.05) is 24.7 Å². The fourth-order valence-corrected chi connectivity index (χ4v) is 3.47. The molecule has 1 fully saturated rings. The summed E-state index contributed by atoms with van der Waals surface area (Å²) >= 11 is 0. The van der Waals surface area contributed by atoms with Crippen LogP contribution < -0.4 is 10.2 Å². The quantitative estimate of drug-likeness (QED) is 0.887. The number of hydrogen-bond acceptors (Lipinski definition) is 3. The van der Waals surface area contributed by atoms with Crippen LogP contribution in [-0.4, -0.2) is 34.8 Å². The van der Waals surface area contributed by atoms with Crippen molar-refractivity contribution in [1.82, 2.24) is 15.1 Å². The molecule has 146 valence electrons. The molecule has 0 saturated carbocycles. The van der Waals surface area contributed by atoms with Gasteiger partial charge < -0.3 is 10.2 Å². The van der Waals surface area contributed by atoms with E-state index in [4.69, 9.17) is 0 Å². The Labute approximate surface area is 156 Å². The lowest BCUT2D eigenvalue weighted by Gasteiger charge is -2.34. The Morgan fingerprint density at radius 3 is 2.59 bits per heavy atom. The fraction of sp³-hybridized carbons (Fsp3) is 0.474. The molecule has 0 aliphatic carbocycles. The summed E-state index contributed by atoms with van der Waals surface area (Å²) < 4.78 is 39.7. The first-order valence-electron chi connectivity index (χ1n) is 8.93. The van der Waals surface area contributed by atoms with Crippen molar-refractivity contribution in [1.29, 1.82) is 0 Å². The summed E-state index contributed by atoms with van der Waals surface area (Å²) in [5.74, 6) is 0.844. The van der Waals surface area contributed by atoms with Gasteiger partial charge in [0, 0.05) is 32.2 Å². The number of halogens is 3. The molecular formula is C19H23F3N4O. The summed E-state index contributed by atoms with van der Waals surface area (Å²) in [6.07, 6.45) is -2.46. The van der Waals surface area contributed by atoms with Crippen LogP contribution in [0.4, 0.5) is 19.0 Å². The number of aromatic nitrogens is 2. The molecule has 0 bridgehead atoms. The van der Waals surface area contributed by atoms with E-state index in [0.717, 1.165) is 43.0 Å². The zero-order valence-corrected chi connectivity index (χ0v) is 15.4. The molecule has 1 aliphatic rings. The summed E-state index contributed by atoms with van der Waals surface area (Å²) in [5.41, 5.74) is 0.803. The topological polar surface area (TPSA) is 50.2 Å². The van der Waals surface area contributed by atoms with Crippen LogP contribution in [0.2, 0.25) is 0 Å². The monoisotopic (exact) mass is 380 g/mol. The highest BCUT2D eigenvalue weighted by Crippen LogP contribution is 2.29. The van der Waals surface area contributed by atoms with E-state index in [1.54, 1.807) is 0 Å². The Morgan fingerprint density at radius 2 is 2.00 bits per heavy atom. The van der Waals surface area contributed by atoms with Crippen molar-refractivity contribution >= 4 is 11.7 Å². The Balaban J connectivity index is 1.56. The minimum absolute atomic E-state index is 0.0101. The summed E-state index contributed by atoms with van der Waals surface area (Å²) in [6, 6.07) is 6.76. The third-order valence-corrected chi connectivity index (χ3v) is 4.73. The second-order valence-corrected chi connectivity index (χ2v) is 6.99. The van der Waals surface area contributed by atoms with Gasteiger partial charge in [-0.2, -0.15) is 18.3 Å². The standard InChI is InChI=1S/C19H23F3N4O/c1-13-10-18(25(2)24-13)26-9-3-4-16(12-26)23-17(27)11-14-5-7-15(8-6-14)19(20,21)22/h5-8,10,16H,3-4,9,11-12H2,1-2H3,(H,23,27)/t16-/m0/s1. The predicted molar refractivity (Wildman–Crippen MR) is 96.5 cm³/mol. The Morgan fingerprint density at radius 1 is 1.30 bits per heavy atom. The van der Waals surface area contributed by atoms with Gasteiger partial charge in [0.25, 0.3) is 0 Å². The maximum atomic E-state index is 12.6. The number of carbonyl (C=O) groups is 1. The number of alkyl halides is 3. The molecule has 27 heavy (non-hydrogen) atoms. The molecule has 1 aliphatic heterocycles. The van der Waals surface area contributed by atoms with Gasteiger partial charge in [-0.1, -0.05) is 12.1 Å². The van der Waals surface area contributed by atoms with Crippen LogP contribution >= 0.6 is 0 Å². The molecule has 0 radical (unpaired) electrons. The number of carbonyl (C=O) groups excluding carboxylic acids is 1. The van der Waals surface area contributed by atoms with Gasteiger partial charge in [-0.15, -0.1) is 0 Å². The molecule has 2 heterocycles. The van der Waals surface area contributed by atoms with E-state index in [9.17, 15) is 18.0 Å². The van der Waals surface area contributed by atoms with Gasteiger partial charge >= 0.3 is 6.18 Å². The van der Waals surface area contributed by atoms with Crippen LogP contribution in [0.1, 0.15) is 29.7 Å². The van der Waals surface area contributed by atoms with Crippen molar-refractivity contribution in [3.05, 3.63) is 47.2 Å². The first-order chi connectivity index (χ1) is 12.7. The largest absolute Gasteiger partial charge is 0.416 e. The van der Waals surface area contributed by atoms with E-state index in [1.165, 1.54) is 12.1 Å². The van der Waals surface area contributed by atoms with E-state index in [2.05, 4.69) is 15.3 Å². The van der Waals surface area contributed by atoms with Gasteiger partial charge in [-0.3, -0.25) is 9.48 Å². The number of anilines is 1. The molecule has 1 saturated heterocycles. The number of nitrogens with zero attached hydrogens (tertiary/aromatic N) is 3. The zero-order chi connectivity index (χ0) is 19.6. The molecule has 0 unspecified atom stereocenters. The van der Waals surface area contributed by atoms with Gasteiger partial charge in [0.2, 0.25) is 5.91 Å². The lowest BCUT2D eigenvalue weighted by atomic mass is 10.0. The van der Waals surface area contributed by atoms with Crippen molar-refractivity contribution < 1.29 is 18.0 Å². The molecule has 1 aromatic heterocycles. The highest BCUT2D eigenvalue weighted by molar-refractivity contribution is 5.79. The fourth-order valence-electron chi connectivity index (χ4n) is 3.47. The maximum Gasteiger partial charge on any atom is 0.416 e. The maximum absolute atomic E-state index is 12.6. The molecule has 2 aromatic rings. The van der Waals surface area contributed by atoms with Crippen molar-refractivity contribution in [2.45, 2.75) is 38.4 Å². The SMILES string of the molecule is Cc1cc(N2CCC[C@H](NC(=O)Cc3ccc(C(F)(F)F)cc3)C2)n(C)n1. The second-order valence-electron chi connectivity index (χ2n) is 6.99. The van der Waals surface area contributed by atoms with Crippen LogP contribution in [0.3, 0.4) is 0 Å². The minimum Gasteiger partial charge on any atom is -0.355 e. The van der Waals surface area contributed by atoms with Crippen LogP contribution in [0.15, 0.2) is 30.3 Å². The van der Waals surface area contributed by atoms with Crippen LogP contribution in [-0.2, 0) is 24.4 Å². The van der Waals surface area contributed by atoms with Crippen LogP contribution in [0.5, 0.6) is 0 Å². The number of amides is 1. The molecule has 1 atom stereocenters. The first kappa shape index (κ1) is 19.3.